The number of benzene rings is 1. The fourth-order valence-corrected chi connectivity index (χ4v) is 1.30. The molecular formula is C13H20N2O. The van der Waals surface area contributed by atoms with E-state index in [0.29, 0.717) is 6.54 Å². The number of hydrogen-bond donors (Lipinski definition) is 2. The Balaban J connectivity index is 2.58. The van der Waals surface area contributed by atoms with Crippen molar-refractivity contribution in [3.63, 3.8) is 0 Å². The van der Waals surface area contributed by atoms with Gasteiger partial charge in [-0.2, -0.15) is 0 Å². The molecule has 3 heteroatoms. The fourth-order valence-electron chi connectivity index (χ4n) is 1.30. The number of aryl methyl sites for hydroxylation is 1. The standard InChI is InChI=1S/C13H20N2O/c1-4-10-5-7-11(8-6-10)9-15-13(2,3)12(14)16/h5-8,15H,4,9H2,1-3H3,(H2,14,16). The van der Waals surface area contributed by atoms with Crippen molar-refractivity contribution in [3.8, 4) is 0 Å². The molecule has 0 unspecified atom stereocenters. The molecule has 1 rings (SSSR count). The number of carbonyl (C=O) groups is 1. The maximum absolute atomic E-state index is 11.1. The summed E-state index contributed by atoms with van der Waals surface area (Å²) in [7, 11) is 0. The van der Waals surface area contributed by atoms with Gasteiger partial charge in [-0.15, -0.1) is 0 Å². The largest absolute Gasteiger partial charge is 0.368 e. The second kappa shape index (κ2) is 5.12. The molecule has 0 bridgehead atoms. The third-order valence-electron chi connectivity index (χ3n) is 2.78. The van der Waals surface area contributed by atoms with Crippen LogP contribution in [-0.2, 0) is 17.8 Å². The van der Waals surface area contributed by atoms with Crippen LogP contribution in [0, 0.1) is 0 Å². The van der Waals surface area contributed by atoms with Crippen LogP contribution in [0.3, 0.4) is 0 Å². The molecule has 3 N–H and O–H groups in total. The predicted molar refractivity (Wildman–Crippen MR) is 65.9 cm³/mol. The third-order valence-corrected chi connectivity index (χ3v) is 2.78. The van der Waals surface area contributed by atoms with Crippen molar-refractivity contribution in [1.29, 1.82) is 0 Å². The van der Waals surface area contributed by atoms with E-state index in [1.807, 2.05) is 0 Å². The Labute approximate surface area is 97.0 Å². The van der Waals surface area contributed by atoms with Crippen molar-refractivity contribution < 1.29 is 4.79 Å². The van der Waals surface area contributed by atoms with Crippen LogP contribution in [0.15, 0.2) is 24.3 Å². The molecule has 1 aromatic rings. The van der Waals surface area contributed by atoms with E-state index in [0.717, 1.165) is 12.0 Å². The molecule has 0 aliphatic rings. The van der Waals surface area contributed by atoms with E-state index in [-0.39, 0.29) is 5.91 Å². The van der Waals surface area contributed by atoms with E-state index in [9.17, 15) is 4.79 Å². The summed E-state index contributed by atoms with van der Waals surface area (Å²) in [5, 5.41) is 3.14. The van der Waals surface area contributed by atoms with Crippen molar-refractivity contribution in [1.82, 2.24) is 5.32 Å². The van der Waals surface area contributed by atoms with E-state index in [2.05, 4.69) is 36.5 Å². The van der Waals surface area contributed by atoms with Gasteiger partial charge in [-0.3, -0.25) is 10.1 Å². The van der Waals surface area contributed by atoms with E-state index >= 15 is 0 Å². The average Bonchev–Trinajstić information content (AvgIpc) is 2.27. The van der Waals surface area contributed by atoms with Gasteiger partial charge in [0.15, 0.2) is 0 Å². The zero-order valence-corrected chi connectivity index (χ0v) is 10.2. The van der Waals surface area contributed by atoms with Crippen LogP contribution in [0.25, 0.3) is 0 Å². The lowest BCUT2D eigenvalue weighted by atomic mass is 10.0. The minimum absolute atomic E-state index is 0.335. The Morgan fingerprint density at radius 3 is 2.19 bits per heavy atom. The Bertz CT molecular complexity index is 355. The smallest absolute Gasteiger partial charge is 0.237 e. The van der Waals surface area contributed by atoms with Crippen molar-refractivity contribution >= 4 is 5.91 Å². The molecule has 0 aliphatic carbocycles. The van der Waals surface area contributed by atoms with Crippen molar-refractivity contribution in [2.45, 2.75) is 39.3 Å². The molecule has 88 valence electrons. The summed E-state index contributed by atoms with van der Waals surface area (Å²) in [6.45, 7) is 6.36. The third kappa shape index (κ3) is 3.35. The van der Waals surface area contributed by atoms with Crippen LogP contribution in [0.5, 0.6) is 0 Å². The molecule has 16 heavy (non-hydrogen) atoms. The van der Waals surface area contributed by atoms with Gasteiger partial charge in [0.2, 0.25) is 5.91 Å². The number of nitrogens with two attached hydrogens (primary N) is 1. The molecule has 3 nitrogen and oxygen atoms in total. The van der Waals surface area contributed by atoms with Crippen LogP contribution < -0.4 is 11.1 Å². The zero-order valence-electron chi connectivity index (χ0n) is 10.2. The van der Waals surface area contributed by atoms with Crippen LogP contribution in [0.1, 0.15) is 31.9 Å². The van der Waals surface area contributed by atoms with Crippen LogP contribution in [0.4, 0.5) is 0 Å². The molecule has 0 atom stereocenters. The van der Waals surface area contributed by atoms with Gasteiger partial charge in [-0.05, 0) is 31.4 Å². The van der Waals surface area contributed by atoms with Gasteiger partial charge in [0.1, 0.15) is 0 Å². The Kier molecular flexibility index (Phi) is 4.07. The maximum Gasteiger partial charge on any atom is 0.237 e. The monoisotopic (exact) mass is 220 g/mol. The highest BCUT2D eigenvalue weighted by atomic mass is 16.1. The highest BCUT2D eigenvalue weighted by Crippen LogP contribution is 2.07. The number of primary amides is 1. The number of nitrogens with one attached hydrogen (secondary N) is 1. The highest BCUT2D eigenvalue weighted by molar-refractivity contribution is 5.83. The number of hydrogen-bond acceptors (Lipinski definition) is 2. The van der Waals surface area contributed by atoms with E-state index in [1.165, 1.54) is 5.56 Å². The van der Waals surface area contributed by atoms with Gasteiger partial charge >= 0.3 is 0 Å². The van der Waals surface area contributed by atoms with Crippen LogP contribution >= 0.6 is 0 Å². The topological polar surface area (TPSA) is 55.1 Å². The molecule has 0 aliphatic heterocycles. The summed E-state index contributed by atoms with van der Waals surface area (Å²) in [6, 6.07) is 8.36. The normalized spacial score (nSPS) is 11.4. The minimum atomic E-state index is -0.663. The van der Waals surface area contributed by atoms with Gasteiger partial charge in [0.25, 0.3) is 0 Å². The first-order chi connectivity index (χ1) is 7.45. The molecule has 1 aromatic carbocycles. The summed E-state index contributed by atoms with van der Waals surface area (Å²) >= 11 is 0. The van der Waals surface area contributed by atoms with Crippen molar-refractivity contribution in [2.75, 3.05) is 0 Å². The zero-order chi connectivity index (χ0) is 12.2. The first kappa shape index (κ1) is 12.7. The first-order valence-electron chi connectivity index (χ1n) is 5.58. The Morgan fingerprint density at radius 1 is 1.25 bits per heavy atom. The molecule has 0 aromatic heterocycles. The molecule has 0 spiro atoms. The summed E-state index contributed by atoms with van der Waals surface area (Å²) in [4.78, 5) is 11.1. The lowest BCUT2D eigenvalue weighted by Crippen LogP contribution is -2.50. The van der Waals surface area contributed by atoms with Crippen LogP contribution in [-0.4, -0.2) is 11.4 Å². The van der Waals surface area contributed by atoms with Crippen molar-refractivity contribution in [3.05, 3.63) is 35.4 Å². The molecule has 0 saturated heterocycles. The molecule has 1 amide bonds. The number of amides is 1. The fraction of sp³-hybridized carbons (Fsp3) is 0.462. The molecule has 0 heterocycles. The lowest BCUT2D eigenvalue weighted by molar-refractivity contribution is -0.123. The molecular weight excluding hydrogens is 200 g/mol. The van der Waals surface area contributed by atoms with E-state index in [4.69, 9.17) is 5.73 Å². The quantitative estimate of drug-likeness (QED) is 0.792. The van der Waals surface area contributed by atoms with Crippen molar-refractivity contribution in [2.24, 2.45) is 5.73 Å². The summed E-state index contributed by atoms with van der Waals surface area (Å²) in [5.74, 6) is -0.335. The van der Waals surface area contributed by atoms with Gasteiger partial charge in [0, 0.05) is 6.54 Å². The second-order valence-electron chi connectivity index (χ2n) is 4.51. The summed E-state index contributed by atoms with van der Waals surface area (Å²) < 4.78 is 0. The Hall–Kier alpha value is -1.35. The first-order valence-corrected chi connectivity index (χ1v) is 5.58. The predicted octanol–water partition coefficient (Wildman–Crippen LogP) is 1.60. The van der Waals surface area contributed by atoms with E-state index in [1.54, 1.807) is 13.8 Å². The maximum atomic E-state index is 11.1. The summed E-state index contributed by atoms with van der Waals surface area (Å²) in [5.41, 5.74) is 7.09. The average molecular weight is 220 g/mol. The highest BCUT2D eigenvalue weighted by Gasteiger charge is 2.23. The van der Waals surface area contributed by atoms with Gasteiger partial charge < -0.3 is 5.73 Å². The number of rotatable bonds is 5. The number of carbonyl (C=O) groups excluding carboxylic acids is 1. The molecule has 0 saturated carbocycles. The second-order valence-corrected chi connectivity index (χ2v) is 4.51. The van der Waals surface area contributed by atoms with Gasteiger partial charge in [-0.25, -0.2) is 0 Å². The molecule has 0 fully saturated rings. The SMILES string of the molecule is CCc1ccc(CNC(C)(C)C(N)=O)cc1. The molecule has 0 radical (unpaired) electrons. The lowest BCUT2D eigenvalue weighted by Gasteiger charge is -2.22. The Morgan fingerprint density at radius 2 is 1.75 bits per heavy atom. The van der Waals surface area contributed by atoms with Gasteiger partial charge in [-0.1, -0.05) is 31.2 Å². The summed E-state index contributed by atoms with van der Waals surface area (Å²) in [6.07, 6.45) is 1.04. The minimum Gasteiger partial charge on any atom is -0.368 e. The van der Waals surface area contributed by atoms with E-state index < -0.39 is 5.54 Å². The van der Waals surface area contributed by atoms with Crippen LogP contribution in [0.2, 0.25) is 0 Å². The van der Waals surface area contributed by atoms with Gasteiger partial charge in [0.05, 0.1) is 5.54 Å².